The van der Waals surface area contributed by atoms with E-state index in [0.29, 0.717) is 6.07 Å². The van der Waals surface area contributed by atoms with Crippen LogP contribution in [-0.4, -0.2) is 12.1 Å². The van der Waals surface area contributed by atoms with Crippen molar-refractivity contribution in [2.24, 2.45) is 0 Å². The summed E-state index contributed by atoms with van der Waals surface area (Å²) in [5.74, 6) is -0.404. The molecule has 1 heterocycles. The zero-order valence-electron chi connectivity index (χ0n) is 7.78. The third-order valence-electron chi connectivity index (χ3n) is 1.71. The highest BCUT2D eigenvalue weighted by molar-refractivity contribution is 6.30. The highest BCUT2D eigenvalue weighted by Crippen LogP contribution is 2.39. The molecule has 0 saturated heterocycles. The van der Waals surface area contributed by atoms with Gasteiger partial charge in [-0.05, 0) is 6.07 Å². The van der Waals surface area contributed by atoms with Gasteiger partial charge < -0.3 is 4.74 Å². The fourth-order valence-electron chi connectivity index (χ4n) is 1.02. The molecule has 0 radical (unpaired) electrons. The molecule has 2 nitrogen and oxygen atoms in total. The number of nitrogens with zero attached hydrogens (tertiary/aromatic N) is 1. The molecule has 0 aliphatic heterocycles. The van der Waals surface area contributed by atoms with Crippen LogP contribution in [0, 0.1) is 0 Å². The maximum Gasteiger partial charge on any atom is 0.418 e. The molecule has 1 aromatic rings. The number of methoxy groups -OCH3 is 1. The Kier molecular flexibility index (Phi) is 3.57. The molecule has 0 bridgehead atoms. The fraction of sp³-hybridized carbons (Fsp3) is 0.375. The molecule has 0 spiro atoms. The Morgan fingerprint density at radius 1 is 1.38 bits per heavy atom. The van der Waals surface area contributed by atoms with Crippen LogP contribution in [0.3, 0.4) is 0 Å². The van der Waals surface area contributed by atoms with Crippen molar-refractivity contribution < 1.29 is 26.7 Å². The van der Waals surface area contributed by atoms with Crippen LogP contribution < -0.4 is 4.74 Å². The summed E-state index contributed by atoms with van der Waals surface area (Å²) in [5, 5.41) is -0.536. The summed E-state index contributed by atoms with van der Waals surface area (Å²) in [6.45, 7) is 0. The summed E-state index contributed by atoms with van der Waals surface area (Å²) in [6.07, 6.45) is -8.29. The van der Waals surface area contributed by atoms with Crippen LogP contribution in [0.4, 0.5) is 22.0 Å². The number of ether oxygens (including phenoxy) is 1. The van der Waals surface area contributed by atoms with Crippen molar-refractivity contribution in [1.82, 2.24) is 4.98 Å². The summed E-state index contributed by atoms with van der Waals surface area (Å²) in [5.41, 5.74) is -2.96. The quantitative estimate of drug-likeness (QED) is 0.598. The van der Waals surface area contributed by atoms with Gasteiger partial charge in [-0.2, -0.15) is 13.2 Å². The molecule has 90 valence electrons. The summed E-state index contributed by atoms with van der Waals surface area (Å²) in [7, 11) is 1.06. The summed E-state index contributed by atoms with van der Waals surface area (Å²) in [6, 6.07) is 0.400. The van der Waals surface area contributed by atoms with Crippen molar-refractivity contribution in [1.29, 1.82) is 0 Å². The van der Waals surface area contributed by atoms with Crippen LogP contribution in [0.5, 0.6) is 5.75 Å². The Morgan fingerprint density at radius 2 is 1.94 bits per heavy atom. The smallest absolute Gasteiger partial charge is 0.418 e. The number of hydrogen-bond acceptors (Lipinski definition) is 2. The van der Waals surface area contributed by atoms with E-state index in [4.69, 9.17) is 11.6 Å². The van der Waals surface area contributed by atoms with E-state index in [1.54, 1.807) is 0 Å². The first-order valence-electron chi connectivity index (χ1n) is 3.87. The van der Waals surface area contributed by atoms with Crippen molar-refractivity contribution in [3.8, 4) is 5.75 Å². The van der Waals surface area contributed by atoms with Gasteiger partial charge >= 0.3 is 6.18 Å². The van der Waals surface area contributed by atoms with Crippen LogP contribution in [0.25, 0.3) is 0 Å². The fourth-order valence-corrected chi connectivity index (χ4v) is 1.24. The lowest BCUT2D eigenvalue weighted by molar-refractivity contribution is -0.140. The van der Waals surface area contributed by atoms with Crippen LogP contribution in [0.1, 0.15) is 17.7 Å². The third kappa shape index (κ3) is 2.52. The van der Waals surface area contributed by atoms with E-state index in [0.717, 1.165) is 7.11 Å². The monoisotopic (exact) mass is 261 g/mol. The van der Waals surface area contributed by atoms with Crippen molar-refractivity contribution >= 4 is 11.6 Å². The second-order valence-corrected chi connectivity index (χ2v) is 3.07. The molecule has 0 aliphatic carbocycles. The van der Waals surface area contributed by atoms with Crippen molar-refractivity contribution in [3.63, 3.8) is 0 Å². The Balaban J connectivity index is 3.43. The molecule has 1 aromatic heterocycles. The van der Waals surface area contributed by atoms with Gasteiger partial charge in [-0.3, -0.25) is 0 Å². The zero-order valence-corrected chi connectivity index (χ0v) is 8.53. The molecular formula is C8H5ClF5NO. The molecule has 0 N–H and O–H groups in total. The van der Waals surface area contributed by atoms with Crippen molar-refractivity contribution in [2.45, 2.75) is 12.6 Å². The summed E-state index contributed by atoms with van der Waals surface area (Å²) < 4.78 is 66.3. The minimum Gasteiger partial charge on any atom is -0.494 e. The van der Waals surface area contributed by atoms with E-state index in [9.17, 15) is 22.0 Å². The lowest BCUT2D eigenvalue weighted by Crippen LogP contribution is -2.12. The van der Waals surface area contributed by atoms with E-state index in [1.807, 2.05) is 0 Å². The van der Waals surface area contributed by atoms with Gasteiger partial charge in [-0.25, -0.2) is 13.8 Å². The van der Waals surface area contributed by atoms with E-state index >= 15 is 0 Å². The van der Waals surface area contributed by atoms with Gasteiger partial charge in [0, 0.05) is 0 Å². The molecule has 8 heteroatoms. The van der Waals surface area contributed by atoms with Crippen LogP contribution in [0.15, 0.2) is 6.07 Å². The molecular weight excluding hydrogens is 257 g/mol. The van der Waals surface area contributed by atoms with E-state index < -0.39 is 34.8 Å². The van der Waals surface area contributed by atoms with Gasteiger partial charge in [0.2, 0.25) is 0 Å². The molecule has 0 aromatic carbocycles. The van der Waals surface area contributed by atoms with E-state index in [1.165, 1.54) is 0 Å². The molecule has 0 aliphatic rings. The molecule has 16 heavy (non-hydrogen) atoms. The van der Waals surface area contributed by atoms with Crippen LogP contribution in [0.2, 0.25) is 5.15 Å². The van der Waals surface area contributed by atoms with E-state index in [-0.39, 0.29) is 0 Å². The molecule has 0 fully saturated rings. The second-order valence-electron chi connectivity index (χ2n) is 2.71. The standard InChI is InChI=1S/C8H5ClF5NO/c1-16-4-2-3(8(12,13)14)5(7(10)11)15-6(4)9/h2,7H,1H3. The second kappa shape index (κ2) is 4.40. The minimum atomic E-state index is -4.93. The van der Waals surface area contributed by atoms with Gasteiger partial charge in [0.1, 0.15) is 5.69 Å². The SMILES string of the molecule is COc1cc(C(F)(F)F)c(C(F)F)nc1Cl. The van der Waals surface area contributed by atoms with Gasteiger partial charge in [0.25, 0.3) is 6.43 Å². The predicted octanol–water partition coefficient (Wildman–Crippen LogP) is 3.70. The average molecular weight is 262 g/mol. The molecule has 0 amide bonds. The highest BCUT2D eigenvalue weighted by Gasteiger charge is 2.38. The van der Waals surface area contributed by atoms with Crippen molar-refractivity contribution in [2.75, 3.05) is 7.11 Å². The lowest BCUT2D eigenvalue weighted by atomic mass is 10.2. The molecule has 0 atom stereocenters. The normalized spacial score (nSPS) is 12.0. The average Bonchev–Trinajstić information content (AvgIpc) is 2.15. The number of alkyl halides is 5. The first-order chi connectivity index (χ1) is 7.27. The van der Waals surface area contributed by atoms with Gasteiger partial charge in [-0.1, -0.05) is 11.6 Å². The first kappa shape index (κ1) is 13.0. The number of hydrogen-bond donors (Lipinski definition) is 0. The van der Waals surface area contributed by atoms with Gasteiger partial charge in [0.05, 0.1) is 12.7 Å². The van der Waals surface area contributed by atoms with Gasteiger partial charge in [0.15, 0.2) is 10.9 Å². The molecule has 1 rings (SSSR count). The number of rotatable bonds is 2. The predicted molar refractivity (Wildman–Crippen MR) is 45.8 cm³/mol. The Labute approximate surface area is 92.0 Å². The minimum absolute atomic E-state index is 0.400. The maximum atomic E-state index is 12.4. The maximum absolute atomic E-state index is 12.4. The Hall–Kier alpha value is -1.11. The largest absolute Gasteiger partial charge is 0.494 e. The lowest BCUT2D eigenvalue weighted by Gasteiger charge is -2.13. The molecule has 0 unspecified atom stereocenters. The Morgan fingerprint density at radius 3 is 2.31 bits per heavy atom. The summed E-state index contributed by atoms with van der Waals surface area (Å²) >= 11 is 5.36. The highest BCUT2D eigenvalue weighted by atomic mass is 35.5. The number of aromatic nitrogens is 1. The number of pyridine rings is 1. The first-order valence-corrected chi connectivity index (χ1v) is 4.25. The molecule has 0 saturated carbocycles. The third-order valence-corrected chi connectivity index (χ3v) is 1.98. The van der Waals surface area contributed by atoms with E-state index in [2.05, 4.69) is 9.72 Å². The van der Waals surface area contributed by atoms with Crippen molar-refractivity contribution in [3.05, 3.63) is 22.5 Å². The number of halogens is 6. The van der Waals surface area contributed by atoms with Crippen LogP contribution >= 0.6 is 11.6 Å². The Bertz CT molecular complexity index is 393. The van der Waals surface area contributed by atoms with Gasteiger partial charge in [-0.15, -0.1) is 0 Å². The topological polar surface area (TPSA) is 22.1 Å². The zero-order chi connectivity index (χ0) is 12.5. The summed E-state index contributed by atoms with van der Waals surface area (Å²) in [4.78, 5) is 2.98. The van der Waals surface area contributed by atoms with Crippen LogP contribution in [-0.2, 0) is 6.18 Å².